The molecular formula is C23H22N4S2. The van der Waals surface area contributed by atoms with Crippen molar-refractivity contribution >= 4 is 50.7 Å². The SMILES string of the molecule is CN1CC2N(c3ccnc4[nH]c5ccc(CSc6cccs6)cc5c34)CC23CC13. The van der Waals surface area contributed by atoms with E-state index in [1.807, 2.05) is 29.3 Å². The van der Waals surface area contributed by atoms with Crippen LogP contribution in [-0.2, 0) is 5.75 Å². The maximum atomic E-state index is 4.67. The molecule has 1 saturated carbocycles. The van der Waals surface area contributed by atoms with Gasteiger partial charge in [-0.2, -0.15) is 0 Å². The average molecular weight is 419 g/mol. The van der Waals surface area contributed by atoms with Crippen LogP contribution in [0.15, 0.2) is 52.2 Å². The Morgan fingerprint density at radius 2 is 2.24 bits per heavy atom. The fourth-order valence-corrected chi connectivity index (χ4v) is 7.49. The molecular weight excluding hydrogens is 396 g/mol. The predicted molar refractivity (Wildman–Crippen MR) is 122 cm³/mol. The van der Waals surface area contributed by atoms with Gasteiger partial charge in [-0.3, -0.25) is 0 Å². The third kappa shape index (κ3) is 2.28. The van der Waals surface area contributed by atoms with Gasteiger partial charge in [0.15, 0.2) is 0 Å². The molecule has 4 aromatic rings. The van der Waals surface area contributed by atoms with Gasteiger partial charge in [-0.05, 0) is 48.7 Å². The summed E-state index contributed by atoms with van der Waals surface area (Å²) in [6.45, 7) is 2.39. The molecule has 29 heavy (non-hydrogen) atoms. The summed E-state index contributed by atoms with van der Waals surface area (Å²) >= 11 is 3.73. The first-order chi connectivity index (χ1) is 14.2. The molecule has 1 spiro atoms. The molecule has 2 saturated heterocycles. The Balaban J connectivity index is 1.29. The summed E-state index contributed by atoms with van der Waals surface area (Å²) in [5.41, 5.74) is 5.52. The Morgan fingerprint density at radius 1 is 1.28 bits per heavy atom. The lowest BCUT2D eigenvalue weighted by Gasteiger charge is -2.48. The van der Waals surface area contributed by atoms with Crippen LogP contribution in [-0.4, -0.2) is 47.1 Å². The predicted octanol–water partition coefficient (Wildman–Crippen LogP) is 4.96. The number of H-pyrrole nitrogens is 1. The lowest BCUT2D eigenvalue weighted by atomic mass is 9.85. The molecule has 2 aliphatic heterocycles. The summed E-state index contributed by atoms with van der Waals surface area (Å²) in [6.07, 6.45) is 3.35. The van der Waals surface area contributed by atoms with E-state index in [0.29, 0.717) is 11.5 Å². The van der Waals surface area contributed by atoms with Gasteiger partial charge in [0.05, 0.1) is 15.9 Å². The van der Waals surface area contributed by atoms with Crippen molar-refractivity contribution in [3.63, 3.8) is 0 Å². The third-order valence-corrected chi connectivity index (χ3v) is 9.50. The van der Waals surface area contributed by atoms with Crippen molar-refractivity contribution in [2.24, 2.45) is 5.41 Å². The summed E-state index contributed by atoms with van der Waals surface area (Å²) in [7, 11) is 2.29. The van der Waals surface area contributed by atoms with Gasteiger partial charge in [0, 0.05) is 52.8 Å². The van der Waals surface area contributed by atoms with Gasteiger partial charge < -0.3 is 14.8 Å². The Bertz CT molecular complexity index is 1250. The second-order valence-corrected chi connectivity index (χ2v) is 11.0. The van der Waals surface area contributed by atoms with Crippen LogP contribution < -0.4 is 4.90 Å². The molecule has 7 rings (SSSR count). The number of piperidine rings is 1. The number of nitrogens with zero attached hydrogens (tertiary/aromatic N) is 3. The van der Waals surface area contributed by atoms with E-state index in [4.69, 9.17) is 0 Å². The zero-order chi connectivity index (χ0) is 19.2. The number of thioether (sulfide) groups is 1. The number of benzene rings is 1. The molecule has 3 aliphatic rings. The first-order valence-corrected chi connectivity index (χ1v) is 12.1. The highest BCUT2D eigenvalue weighted by Crippen LogP contribution is 2.65. The van der Waals surface area contributed by atoms with E-state index >= 15 is 0 Å². The Kier molecular flexibility index (Phi) is 3.33. The number of thiophene rings is 1. The zero-order valence-corrected chi connectivity index (χ0v) is 17.9. The van der Waals surface area contributed by atoms with Crippen molar-refractivity contribution < 1.29 is 0 Å². The molecule has 3 aromatic heterocycles. The smallest absolute Gasteiger partial charge is 0.140 e. The minimum absolute atomic E-state index is 0.582. The quantitative estimate of drug-likeness (QED) is 0.475. The molecule has 1 aromatic carbocycles. The summed E-state index contributed by atoms with van der Waals surface area (Å²) < 4.78 is 1.38. The van der Waals surface area contributed by atoms with Crippen LogP contribution in [0.5, 0.6) is 0 Å². The molecule has 4 nitrogen and oxygen atoms in total. The zero-order valence-electron chi connectivity index (χ0n) is 16.3. The van der Waals surface area contributed by atoms with E-state index in [0.717, 1.165) is 17.4 Å². The van der Waals surface area contributed by atoms with Gasteiger partial charge >= 0.3 is 0 Å². The Hall–Kier alpha value is -2.02. The number of hydrogen-bond acceptors (Lipinski definition) is 5. The second kappa shape index (κ2) is 5.78. The number of hydrogen-bond donors (Lipinski definition) is 1. The summed E-state index contributed by atoms with van der Waals surface area (Å²) in [6, 6.07) is 14.9. The van der Waals surface area contributed by atoms with Crippen molar-refractivity contribution in [3.8, 4) is 0 Å². The number of anilines is 1. The van der Waals surface area contributed by atoms with Crippen LogP contribution in [0.2, 0.25) is 0 Å². The molecule has 5 heterocycles. The van der Waals surface area contributed by atoms with Crippen molar-refractivity contribution in [3.05, 3.63) is 53.5 Å². The van der Waals surface area contributed by atoms with Crippen molar-refractivity contribution in [2.75, 3.05) is 25.0 Å². The molecule has 146 valence electrons. The fraction of sp³-hybridized carbons (Fsp3) is 0.348. The first kappa shape index (κ1) is 16.7. The fourth-order valence-electron chi connectivity index (χ4n) is 5.76. The van der Waals surface area contributed by atoms with Crippen molar-refractivity contribution in [1.29, 1.82) is 0 Å². The molecule has 0 bridgehead atoms. The largest absolute Gasteiger partial charge is 0.365 e. The number of likely N-dealkylation sites (N-methyl/N-ethyl adjacent to an activating group) is 1. The molecule has 1 N–H and O–H groups in total. The summed E-state index contributed by atoms with van der Waals surface area (Å²) in [5, 5.41) is 4.76. The number of aromatic nitrogens is 2. The average Bonchev–Trinajstić information content (AvgIpc) is 3.01. The number of aromatic amines is 1. The van der Waals surface area contributed by atoms with Crippen LogP contribution in [0, 0.1) is 5.41 Å². The maximum Gasteiger partial charge on any atom is 0.140 e. The van der Waals surface area contributed by atoms with E-state index in [1.165, 1.54) is 51.3 Å². The molecule has 0 radical (unpaired) electrons. The highest BCUT2D eigenvalue weighted by atomic mass is 32.2. The van der Waals surface area contributed by atoms with Gasteiger partial charge in [-0.1, -0.05) is 12.1 Å². The number of nitrogens with one attached hydrogen (secondary N) is 1. The Morgan fingerprint density at radius 3 is 3.07 bits per heavy atom. The van der Waals surface area contributed by atoms with Gasteiger partial charge in [0.2, 0.25) is 0 Å². The third-order valence-electron chi connectivity index (χ3n) is 7.30. The second-order valence-electron chi connectivity index (χ2n) is 8.82. The highest BCUT2D eigenvalue weighted by molar-refractivity contribution is 8.00. The van der Waals surface area contributed by atoms with Crippen LogP contribution >= 0.6 is 23.1 Å². The molecule has 3 unspecified atom stereocenters. The van der Waals surface area contributed by atoms with Crippen LogP contribution in [0.4, 0.5) is 5.69 Å². The minimum Gasteiger partial charge on any atom is -0.365 e. The van der Waals surface area contributed by atoms with Crippen molar-refractivity contribution in [1.82, 2.24) is 14.9 Å². The van der Waals surface area contributed by atoms with E-state index in [2.05, 4.69) is 68.6 Å². The van der Waals surface area contributed by atoms with Crippen molar-refractivity contribution in [2.45, 2.75) is 28.5 Å². The first-order valence-electron chi connectivity index (χ1n) is 10.3. The standard InChI is InChI=1S/C23H22N4S2/c1-26-11-19-23(10-18(23)26)13-27(19)17-6-7-24-22-21(17)15-9-14(4-5-16(15)25-22)12-29-20-3-2-8-28-20/h2-9,18-19H,10-13H2,1H3,(H,24,25). The number of likely N-dealkylation sites (tertiary alicyclic amines) is 1. The van der Waals surface area contributed by atoms with Crippen LogP contribution in [0.3, 0.4) is 0 Å². The summed E-state index contributed by atoms with van der Waals surface area (Å²) in [4.78, 5) is 13.4. The van der Waals surface area contributed by atoms with Gasteiger partial charge in [-0.15, -0.1) is 23.1 Å². The summed E-state index contributed by atoms with van der Waals surface area (Å²) in [5.74, 6) is 1.00. The molecule has 0 amide bonds. The Labute approximate surface area is 177 Å². The highest BCUT2D eigenvalue weighted by Gasteiger charge is 2.73. The van der Waals surface area contributed by atoms with Gasteiger partial charge in [0.1, 0.15) is 5.65 Å². The van der Waals surface area contributed by atoms with E-state index in [-0.39, 0.29) is 0 Å². The normalized spacial score (nSPS) is 28.0. The van der Waals surface area contributed by atoms with Gasteiger partial charge in [-0.25, -0.2) is 4.98 Å². The van der Waals surface area contributed by atoms with Crippen LogP contribution in [0.1, 0.15) is 12.0 Å². The monoisotopic (exact) mass is 418 g/mol. The molecule has 6 heteroatoms. The topological polar surface area (TPSA) is 35.2 Å². The molecule has 1 aliphatic carbocycles. The lowest BCUT2D eigenvalue weighted by Crippen LogP contribution is -2.59. The van der Waals surface area contributed by atoms with E-state index in [9.17, 15) is 0 Å². The van der Waals surface area contributed by atoms with Gasteiger partial charge in [0.25, 0.3) is 0 Å². The lowest BCUT2D eigenvalue weighted by molar-refractivity contribution is 0.294. The minimum atomic E-state index is 0.582. The van der Waals surface area contributed by atoms with E-state index in [1.54, 1.807) is 0 Å². The number of pyridine rings is 1. The number of rotatable bonds is 4. The number of fused-ring (bicyclic) bond motifs is 3. The molecule has 3 fully saturated rings. The van der Waals surface area contributed by atoms with Crippen LogP contribution in [0.25, 0.3) is 21.9 Å². The molecule has 3 atom stereocenters. The van der Waals surface area contributed by atoms with E-state index < -0.39 is 0 Å². The maximum absolute atomic E-state index is 4.67.